The molecule has 0 spiro atoms. The van der Waals surface area contributed by atoms with Gasteiger partial charge in [0.15, 0.2) is 0 Å². The van der Waals surface area contributed by atoms with Gasteiger partial charge in [-0.1, -0.05) is 37.3 Å². The minimum absolute atomic E-state index is 0.239. The van der Waals surface area contributed by atoms with Crippen molar-refractivity contribution < 1.29 is 0 Å². The van der Waals surface area contributed by atoms with E-state index < -0.39 is 0 Å². The van der Waals surface area contributed by atoms with E-state index in [1.165, 1.54) is 5.56 Å². The molecule has 0 amide bonds. The van der Waals surface area contributed by atoms with Crippen molar-refractivity contribution >= 4 is 0 Å². The number of allylic oxidation sites excluding steroid dienone is 2. The highest BCUT2D eigenvalue weighted by molar-refractivity contribution is 5.40. The van der Waals surface area contributed by atoms with Gasteiger partial charge in [-0.05, 0) is 30.4 Å². The van der Waals surface area contributed by atoms with Crippen LogP contribution in [0.3, 0.4) is 0 Å². The minimum atomic E-state index is 0.239. The largest absolute Gasteiger partial charge is 0.192 e. The molecule has 1 unspecified atom stereocenters. The van der Waals surface area contributed by atoms with Crippen molar-refractivity contribution in [3.8, 4) is 12.1 Å². The molecule has 0 aliphatic carbocycles. The van der Waals surface area contributed by atoms with E-state index in [4.69, 9.17) is 10.5 Å². The summed E-state index contributed by atoms with van der Waals surface area (Å²) < 4.78 is 0. The summed E-state index contributed by atoms with van der Waals surface area (Å²) in [7, 11) is 0. The van der Waals surface area contributed by atoms with E-state index in [0.29, 0.717) is 5.92 Å². The number of hydrogen-bond donors (Lipinski definition) is 0. The second-order valence-electron chi connectivity index (χ2n) is 3.89. The Bertz CT molecular complexity index is 442. The zero-order valence-corrected chi connectivity index (χ0v) is 9.57. The van der Waals surface area contributed by atoms with Crippen LogP contribution < -0.4 is 0 Å². The van der Waals surface area contributed by atoms with Gasteiger partial charge >= 0.3 is 0 Å². The van der Waals surface area contributed by atoms with Crippen molar-refractivity contribution in [1.29, 1.82) is 10.5 Å². The summed E-state index contributed by atoms with van der Waals surface area (Å²) in [5, 5.41) is 17.5. The van der Waals surface area contributed by atoms with Gasteiger partial charge in [0, 0.05) is 0 Å². The van der Waals surface area contributed by atoms with E-state index in [9.17, 15) is 0 Å². The molecular weight excluding hydrogens is 196 g/mol. The average Bonchev–Trinajstić information content (AvgIpc) is 2.31. The Morgan fingerprint density at radius 1 is 1.19 bits per heavy atom. The van der Waals surface area contributed by atoms with Crippen LogP contribution in [-0.2, 0) is 0 Å². The summed E-state index contributed by atoms with van der Waals surface area (Å²) in [5.74, 6) is 0.331. The van der Waals surface area contributed by atoms with Crippen molar-refractivity contribution in [2.24, 2.45) is 0 Å². The van der Waals surface area contributed by atoms with Crippen LogP contribution in [0, 0.1) is 22.7 Å². The van der Waals surface area contributed by atoms with E-state index in [1.54, 1.807) is 0 Å². The molecule has 0 aliphatic rings. The third kappa shape index (κ3) is 2.97. The van der Waals surface area contributed by atoms with Gasteiger partial charge in [-0.15, -0.1) is 0 Å². The molecule has 0 saturated carbocycles. The lowest BCUT2D eigenvalue weighted by atomic mass is 9.92. The molecule has 1 aromatic carbocycles. The standard InChI is InChI=1S/C14H14N2/c1-11(13-6-4-3-5-7-13)8-12(2)14(9-15)10-16/h3-7,11H,8H2,1-2H3. The van der Waals surface area contributed by atoms with Crippen molar-refractivity contribution in [2.45, 2.75) is 26.2 Å². The first-order valence-electron chi connectivity index (χ1n) is 5.24. The smallest absolute Gasteiger partial charge is 0.128 e. The third-order valence-corrected chi connectivity index (χ3v) is 2.63. The van der Waals surface area contributed by atoms with Crippen LogP contribution in [0.1, 0.15) is 31.7 Å². The first kappa shape index (κ1) is 12.0. The molecule has 2 heteroatoms. The third-order valence-electron chi connectivity index (χ3n) is 2.63. The number of nitriles is 2. The van der Waals surface area contributed by atoms with Gasteiger partial charge in [0.25, 0.3) is 0 Å². The lowest BCUT2D eigenvalue weighted by Gasteiger charge is -2.11. The molecule has 1 atom stereocenters. The number of nitrogens with zero attached hydrogens (tertiary/aromatic N) is 2. The normalized spacial score (nSPS) is 11.0. The average molecular weight is 210 g/mol. The van der Waals surface area contributed by atoms with Gasteiger partial charge in [0.1, 0.15) is 17.7 Å². The van der Waals surface area contributed by atoms with Crippen LogP contribution in [0.25, 0.3) is 0 Å². The summed E-state index contributed by atoms with van der Waals surface area (Å²) in [4.78, 5) is 0. The number of rotatable bonds is 3. The lowest BCUT2D eigenvalue weighted by molar-refractivity contribution is 0.749. The maximum Gasteiger partial charge on any atom is 0.128 e. The summed E-state index contributed by atoms with van der Waals surface area (Å²) >= 11 is 0. The fourth-order valence-electron chi connectivity index (χ4n) is 1.68. The van der Waals surface area contributed by atoms with Crippen molar-refractivity contribution in [3.63, 3.8) is 0 Å². The first-order chi connectivity index (χ1) is 7.69. The van der Waals surface area contributed by atoms with Crippen molar-refractivity contribution in [2.75, 3.05) is 0 Å². The molecule has 0 bridgehead atoms. The van der Waals surface area contributed by atoms with Crippen molar-refractivity contribution in [3.05, 3.63) is 47.0 Å². The molecule has 0 fully saturated rings. The highest BCUT2D eigenvalue weighted by Crippen LogP contribution is 2.23. The zero-order valence-electron chi connectivity index (χ0n) is 9.57. The molecule has 80 valence electrons. The molecule has 0 aromatic heterocycles. The van der Waals surface area contributed by atoms with Gasteiger partial charge < -0.3 is 0 Å². The molecule has 0 saturated heterocycles. The Morgan fingerprint density at radius 3 is 2.25 bits per heavy atom. The molecule has 1 aromatic rings. The Morgan fingerprint density at radius 2 is 1.75 bits per heavy atom. The van der Waals surface area contributed by atoms with Crippen LogP contribution in [0.2, 0.25) is 0 Å². The first-order valence-corrected chi connectivity index (χ1v) is 5.24. The van der Waals surface area contributed by atoms with Crippen LogP contribution in [-0.4, -0.2) is 0 Å². The van der Waals surface area contributed by atoms with Gasteiger partial charge in [-0.3, -0.25) is 0 Å². The van der Waals surface area contributed by atoms with Crippen LogP contribution in [0.15, 0.2) is 41.5 Å². The van der Waals surface area contributed by atoms with Gasteiger partial charge in [-0.25, -0.2) is 0 Å². The monoisotopic (exact) mass is 210 g/mol. The molecule has 0 radical (unpaired) electrons. The molecule has 16 heavy (non-hydrogen) atoms. The predicted octanol–water partition coefficient (Wildman–Crippen LogP) is 3.54. The number of hydrogen-bond acceptors (Lipinski definition) is 2. The fourth-order valence-corrected chi connectivity index (χ4v) is 1.68. The Labute approximate surface area is 96.4 Å². The molecule has 0 heterocycles. The summed E-state index contributed by atoms with van der Waals surface area (Å²) in [6.45, 7) is 3.95. The summed E-state index contributed by atoms with van der Waals surface area (Å²) in [5.41, 5.74) is 2.33. The molecule has 0 N–H and O–H groups in total. The fraction of sp³-hybridized carbons (Fsp3) is 0.286. The highest BCUT2D eigenvalue weighted by Gasteiger charge is 2.08. The van der Waals surface area contributed by atoms with Crippen molar-refractivity contribution in [1.82, 2.24) is 0 Å². The summed E-state index contributed by atoms with van der Waals surface area (Å²) in [6.07, 6.45) is 0.750. The SMILES string of the molecule is CC(CC(C)c1ccccc1)=C(C#N)C#N. The Kier molecular flexibility index (Phi) is 4.30. The predicted molar refractivity (Wildman–Crippen MR) is 63.4 cm³/mol. The second kappa shape index (κ2) is 5.73. The van der Waals surface area contributed by atoms with Crippen LogP contribution in [0.5, 0.6) is 0 Å². The van der Waals surface area contributed by atoms with Gasteiger partial charge in [0.2, 0.25) is 0 Å². The quantitative estimate of drug-likeness (QED) is 0.716. The molecular formula is C14H14N2. The van der Waals surface area contributed by atoms with Gasteiger partial charge in [0.05, 0.1) is 0 Å². The Hall–Kier alpha value is -2.06. The van der Waals surface area contributed by atoms with E-state index in [-0.39, 0.29) is 5.57 Å². The second-order valence-corrected chi connectivity index (χ2v) is 3.89. The molecule has 1 rings (SSSR count). The Balaban J connectivity index is 2.82. The van der Waals surface area contributed by atoms with Crippen LogP contribution in [0.4, 0.5) is 0 Å². The van der Waals surface area contributed by atoms with E-state index in [1.807, 2.05) is 37.3 Å². The number of benzene rings is 1. The summed E-state index contributed by atoms with van der Waals surface area (Å²) in [6, 6.07) is 14.0. The highest BCUT2D eigenvalue weighted by atomic mass is 14.3. The van der Waals surface area contributed by atoms with E-state index >= 15 is 0 Å². The van der Waals surface area contributed by atoms with Crippen LogP contribution >= 0.6 is 0 Å². The molecule has 0 aliphatic heterocycles. The minimum Gasteiger partial charge on any atom is -0.192 e. The van der Waals surface area contributed by atoms with Gasteiger partial charge in [-0.2, -0.15) is 10.5 Å². The maximum absolute atomic E-state index is 8.75. The zero-order chi connectivity index (χ0) is 12.0. The maximum atomic E-state index is 8.75. The van der Waals surface area contributed by atoms with E-state index in [0.717, 1.165) is 12.0 Å². The lowest BCUT2D eigenvalue weighted by Crippen LogP contribution is -1.95. The molecule has 2 nitrogen and oxygen atoms in total. The van der Waals surface area contributed by atoms with E-state index in [2.05, 4.69) is 19.1 Å². The topological polar surface area (TPSA) is 47.6 Å².